The lowest BCUT2D eigenvalue weighted by atomic mass is 10.2. The Morgan fingerprint density at radius 1 is 1.03 bits per heavy atom. The summed E-state index contributed by atoms with van der Waals surface area (Å²) >= 11 is 1.14. The molecule has 0 saturated heterocycles. The topological polar surface area (TPSA) is 113 Å². The number of amides is 1. The van der Waals surface area contributed by atoms with E-state index in [0.29, 0.717) is 21.7 Å². The van der Waals surface area contributed by atoms with E-state index in [9.17, 15) is 19.7 Å². The first-order chi connectivity index (χ1) is 15.9. The van der Waals surface area contributed by atoms with E-state index in [4.69, 9.17) is 9.47 Å². The van der Waals surface area contributed by atoms with Crippen LogP contribution in [0.5, 0.6) is 11.5 Å². The monoisotopic (exact) mass is 463 g/mol. The molecular weight excluding hydrogens is 446 g/mol. The second kappa shape index (κ2) is 9.45. The van der Waals surface area contributed by atoms with Gasteiger partial charge in [0.25, 0.3) is 11.6 Å². The van der Waals surface area contributed by atoms with Gasteiger partial charge < -0.3 is 14.0 Å². The summed E-state index contributed by atoms with van der Waals surface area (Å²) in [4.78, 5) is 39.9. The number of hydrogen-bond acceptors (Lipinski definition) is 7. The number of benzene rings is 3. The van der Waals surface area contributed by atoms with E-state index in [2.05, 4.69) is 4.99 Å². The van der Waals surface area contributed by atoms with Crippen LogP contribution in [-0.2, 0) is 16.1 Å². The van der Waals surface area contributed by atoms with Crippen LogP contribution in [0, 0.1) is 10.1 Å². The van der Waals surface area contributed by atoms with Crippen molar-refractivity contribution in [1.29, 1.82) is 0 Å². The lowest BCUT2D eigenvalue weighted by Gasteiger charge is -2.06. The molecule has 9 nitrogen and oxygen atoms in total. The van der Waals surface area contributed by atoms with Gasteiger partial charge in [0.05, 0.1) is 22.2 Å². The van der Waals surface area contributed by atoms with Crippen molar-refractivity contribution in [3.63, 3.8) is 0 Å². The quantitative estimate of drug-likeness (QED) is 0.239. The maximum atomic E-state index is 12.9. The van der Waals surface area contributed by atoms with Crippen LogP contribution in [0.4, 0.5) is 5.69 Å². The predicted octanol–water partition coefficient (Wildman–Crippen LogP) is 4.32. The number of para-hydroxylation sites is 1. The highest BCUT2D eigenvalue weighted by molar-refractivity contribution is 7.16. The van der Waals surface area contributed by atoms with Gasteiger partial charge in [0.2, 0.25) is 0 Å². The molecule has 0 radical (unpaired) electrons. The normalized spacial score (nSPS) is 11.4. The third kappa shape index (κ3) is 4.96. The zero-order chi connectivity index (χ0) is 23.4. The van der Waals surface area contributed by atoms with Crippen LogP contribution in [0.25, 0.3) is 10.2 Å². The lowest BCUT2D eigenvalue weighted by molar-refractivity contribution is -0.384. The molecule has 33 heavy (non-hydrogen) atoms. The molecular formula is C23H17N3O6S. The van der Waals surface area contributed by atoms with Gasteiger partial charge >= 0.3 is 5.97 Å². The molecule has 0 aliphatic carbocycles. The maximum absolute atomic E-state index is 12.9. The number of aromatic nitrogens is 1. The van der Waals surface area contributed by atoms with Crippen LogP contribution in [0.2, 0.25) is 0 Å². The minimum absolute atomic E-state index is 0.137. The molecule has 3 aromatic carbocycles. The summed E-state index contributed by atoms with van der Waals surface area (Å²) in [6.45, 7) is -0.249. The highest BCUT2D eigenvalue weighted by Crippen LogP contribution is 2.24. The molecule has 0 unspecified atom stereocenters. The number of carbonyl (C=O) groups is 2. The molecule has 0 N–H and O–H groups in total. The fourth-order valence-corrected chi connectivity index (χ4v) is 4.08. The van der Waals surface area contributed by atoms with Crippen molar-refractivity contribution in [1.82, 2.24) is 4.57 Å². The van der Waals surface area contributed by atoms with Crippen molar-refractivity contribution in [2.45, 2.75) is 6.54 Å². The summed E-state index contributed by atoms with van der Waals surface area (Å²) in [7, 11) is 1.24. The molecule has 1 heterocycles. The average molecular weight is 463 g/mol. The molecule has 166 valence electrons. The van der Waals surface area contributed by atoms with Gasteiger partial charge in [-0.25, -0.2) is 0 Å². The Morgan fingerprint density at radius 2 is 1.79 bits per heavy atom. The van der Waals surface area contributed by atoms with E-state index >= 15 is 0 Å². The molecule has 1 amide bonds. The van der Waals surface area contributed by atoms with Gasteiger partial charge in [0, 0.05) is 17.7 Å². The largest absolute Gasteiger partial charge is 0.468 e. The van der Waals surface area contributed by atoms with E-state index in [1.54, 1.807) is 42.5 Å². The van der Waals surface area contributed by atoms with Crippen LogP contribution in [0.1, 0.15) is 10.4 Å². The summed E-state index contributed by atoms with van der Waals surface area (Å²) in [5, 5.41) is 11.2. The minimum Gasteiger partial charge on any atom is -0.468 e. The van der Waals surface area contributed by atoms with Crippen molar-refractivity contribution < 1.29 is 24.0 Å². The first kappa shape index (κ1) is 21.9. The predicted molar refractivity (Wildman–Crippen MR) is 121 cm³/mol. The maximum Gasteiger partial charge on any atom is 0.325 e. The van der Waals surface area contributed by atoms with Gasteiger partial charge in [0.15, 0.2) is 4.80 Å². The van der Waals surface area contributed by atoms with Crippen LogP contribution in [0.3, 0.4) is 0 Å². The summed E-state index contributed by atoms with van der Waals surface area (Å²) in [5.74, 6) is -0.0285. The van der Waals surface area contributed by atoms with E-state index in [1.165, 1.54) is 23.8 Å². The highest BCUT2D eigenvalue weighted by atomic mass is 32.1. The molecule has 0 fully saturated rings. The number of fused-ring (bicyclic) bond motifs is 1. The van der Waals surface area contributed by atoms with Crippen molar-refractivity contribution in [3.05, 3.63) is 93.3 Å². The summed E-state index contributed by atoms with van der Waals surface area (Å²) in [5.41, 5.74) is 0.561. The number of methoxy groups -OCH3 is 1. The molecule has 0 aliphatic rings. The van der Waals surface area contributed by atoms with Gasteiger partial charge in [-0.15, -0.1) is 0 Å². The molecule has 0 atom stereocenters. The fourth-order valence-electron chi connectivity index (χ4n) is 3.07. The number of thiazole rings is 1. The van der Waals surface area contributed by atoms with E-state index in [0.717, 1.165) is 11.3 Å². The van der Waals surface area contributed by atoms with Crippen LogP contribution >= 0.6 is 11.3 Å². The Hall–Kier alpha value is -4.31. The molecule has 1 aromatic heterocycles. The van der Waals surface area contributed by atoms with Gasteiger partial charge in [-0.3, -0.25) is 19.7 Å². The third-order valence-electron chi connectivity index (χ3n) is 4.65. The van der Waals surface area contributed by atoms with E-state index in [-0.39, 0.29) is 22.6 Å². The van der Waals surface area contributed by atoms with Crippen LogP contribution in [0.15, 0.2) is 77.8 Å². The van der Waals surface area contributed by atoms with Crippen molar-refractivity contribution in [3.8, 4) is 11.5 Å². The highest BCUT2D eigenvalue weighted by Gasteiger charge is 2.16. The Kier molecular flexibility index (Phi) is 6.27. The van der Waals surface area contributed by atoms with Gasteiger partial charge in [-0.1, -0.05) is 35.6 Å². The van der Waals surface area contributed by atoms with Crippen LogP contribution in [-0.4, -0.2) is 28.5 Å². The number of nitrogens with zero attached hydrogens (tertiary/aromatic N) is 3. The van der Waals surface area contributed by atoms with Gasteiger partial charge in [0.1, 0.15) is 18.0 Å². The van der Waals surface area contributed by atoms with Crippen molar-refractivity contribution >= 4 is 39.1 Å². The first-order valence-corrected chi connectivity index (χ1v) is 10.5. The molecule has 10 heteroatoms. The SMILES string of the molecule is COC(=O)Cn1c(=NC(=O)c2cccc(Oc3ccccc3)c2)sc2ccc([N+](=O)[O-])cc21. The molecule has 0 bridgehead atoms. The Balaban J connectivity index is 1.74. The fraction of sp³-hybridized carbons (Fsp3) is 0.0870. The Labute approximate surface area is 191 Å². The van der Waals surface area contributed by atoms with Crippen molar-refractivity contribution in [2.24, 2.45) is 4.99 Å². The second-order valence-corrected chi connectivity index (χ2v) is 7.83. The number of non-ortho nitro benzene ring substituents is 1. The molecule has 0 saturated carbocycles. The summed E-state index contributed by atoms with van der Waals surface area (Å²) in [6.07, 6.45) is 0. The van der Waals surface area contributed by atoms with Gasteiger partial charge in [-0.2, -0.15) is 4.99 Å². The zero-order valence-corrected chi connectivity index (χ0v) is 18.2. The number of nitro groups is 1. The van der Waals surface area contributed by atoms with E-state index < -0.39 is 16.8 Å². The zero-order valence-electron chi connectivity index (χ0n) is 17.3. The standard InChI is InChI=1S/C23H17N3O6S/c1-31-21(27)14-25-19-13-16(26(29)30)10-11-20(19)33-23(25)24-22(28)15-6-5-9-18(12-15)32-17-7-3-2-4-8-17/h2-13H,14H2,1H3. The van der Waals surface area contributed by atoms with Crippen molar-refractivity contribution in [2.75, 3.05) is 7.11 Å². The Morgan fingerprint density at radius 3 is 2.52 bits per heavy atom. The lowest BCUT2D eigenvalue weighted by Crippen LogP contribution is -2.22. The second-order valence-electron chi connectivity index (χ2n) is 6.82. The first-order valence-electron chi connectivity index (χ1n) is 9.71. The minimum atomic E-state index is -0.576. The Bertz CT molecular complexity index is 1430. The number of rotatable bonds is 6. The molecule has 0 aliphatic heterocycles. The number of hydrogen-bond donors (Lipinski definition) is 0. The smallest absolute Gasteiger partial charge is 0.325 e. The number of carbonyl (C=O) groups excluding carboxylic acids is 2. The van der Waals surface area contributed by atoms with Gasteiger partial charge in [-0.05, 0) is 36.4 Å². The number of nitro benzene ring substituents is 1. The number of ether oxygens (including phenoxy) is 2. The number of esters is 1. The third-order valence-corrected chi connectivity index (χ3v) is 5.71. The molecule has 0 spiro atoms. The van der Waals surface area contributed by atoms with E-state index in [1.807, 2.05) is 18.2 Å². The average Bonchev–Trinajstić information content (AvgIpc) is 3.15. The molecule has 4 rings (SSSR count). The summed E-state index contributed by atoms with van der Waals surface area (Å²) in [6, 6.07) is 20.0. The summed E-state index contributed by atoms with van der Waals surface area (Å²) < 4.78 is 12.6. The van der Waals surface area contributed by atoms with Crippen LogP contribution < -0.4 is 9.54 Å². The molecule has 4 aromatic rings.